The van der Waals surface area contributed by atoms with Crippen molar-refractivity contribution in [2.45, 2.75) is 51.5 Å². The van der Waals surface area contributed by atoms with Gasteiger partial charge in [-0.3, -0.25) is 4.79 Å². The maximum absolute atomic E-state index is 11.7. The summed E-state index contributed by atoms with van der Waals surface area (Å²) in [4.78, 5) is 23.9. The first-order valence-corrected chi connectivity index (χ1v) is 8.76. The van der Waals surface area contributed by atoms with Gasteiger partial charge in [-0.1, -0.05) is 25.7 Å². The fourth-order valence-corrected chi connectivity index (χ4v) is 3.67. The molecule has 0 spiro atoms. The molecular weight excluding hydrogens is 300 g/mol. The van der Waals surface area contributed by atoms with Crippen molar-refractivity contribution in [2.75, 3.05) is 5.32 Å². The number of aromatic amines is 1. The van der Waals surface area contributed by atoms with E-state index in [0.29, 0.717) is 11.6 Å². The number of nitrogens with one attached hydrogen (secondary N) is 2. The van der Waals surface area contributed by atoms with Gasteiger partial charge < -0.3 is 10.3 Å². The van der Waals surface area contributed by atoms with Crippen molar-refractivity contribution < 1.29 is 4.79 Å². The summed E-state index contributed by atoms with van der Waals surface area (Å²) in [5.74, 6) is 0.945. The first-order chi connectivity index (χ1) is 11.7. The van der Waals surface area contributed by atoms with Gasteiger partial charge in [0, 0.05) is 22.5 Å². The summed E-state index contributed by atoms with van der Waals surface area (Å²) in [6.07, 6.45) is 9.17. The van der Waals surface area contributed by atoms with Crippen LogP contribution in [0, 0.1) is 0 Å². The molecule has 1 saturated carbocycles. The van der Waals surface area contributed by atoms with Crippen molar-refractivity contribution in [3.8, 4) is 0 Å². The Labute approximate surface area is 140 Å². The summed E-state index contributed by atoms with van der Waals surface area (Å²) >= 11 is 0. The van der Waals surface area contributed by atoms with Crippen LogP contribution in [0.15, 0.2) is 24.5 Å². The molecule has 0 saturated heterocycles. The van der Waals surface area contributed by atoms with Crippen LogP contribution in [0.1, 0.15) is 55.8 Å². The predicted molar refractivity (Wildman–Crippen MR) is 96.5 cm³/mol. The number of Topliss-reactive ketones (excluding diaryl/α,β-unsaturated/α-hetero) is 1. The lowest BCUT2D eigenvalue weighted by Gasteiger charge is -2.17. The Morgan fingerprint density at radius 1 is 1.17 bits per heavy atom. The van der Waals surface area contributed by atoms with Crippen molar-refractivity contribution in [3.63, 3.8) is 0 Å². The number of hydrogen-bond donors (Lipinski definition) is 2. The van der Waals surface area contributed by atoms with Gasteiger partial charge in [-0.2, -0.15) is 0 Å². The number of anilines is 1. The Kier molecular flexibility index (Phi) is 3.92. The van der Waals surface area contributed by atoms with Gasteiger partial charge in [-0.05, 0) is 38.0 Å². The number of H-pyrrole nitrogens is 1. The quantitative estimate of drug-likeness (QED) is 0.552. The molecule has 1 aliphatic carbocycles. The second-order valence-electron chi connectivity index (χ2n) is 6.72. The molecule has 124 valence electrons. The molecule has 0 amide bonds. The van der Waals surface area contributed by atoms with E-state index < -0.39 is 0 Å². The summed E-state index contributed by atoms with van der Waals surface area (Å²) in [6, 6.07) is 6.21. The molecule has 0 atom stereocenters. The molecule has 2 N–H and O–H groups in total. The highest BCUT2D eigenvalue weighted by atomic mass is 16.1. The molecule has 0 aliphatic heterocycles. The second kappa shape index (κ2) is 6.23. The second-order valence-corrected chi connectivity index (χ2v) is 6.72. The molecule has 1 aliphatic rings. The number of fused-ring (bicyclic) bond motifs is 3. The van der Waals surface area contributed by atoms with Crippen LogP contribution in [0.3, 0.4) is 0 Å². The van der Waals surface area contributed by atoms with Crippen LogP contribution < -0.4 is 5.32 Å². The lowest BCUT2D eigenvalue weighted by Crippen LogP contribution is -2.19. The number of aromatic nitrogens is 3. The molecule has 0 unspecified atom stereocenters. The fraction of sp³-hybridized carbons (Fsp3) is 0.421. The molecule has 3 aromatic rings. The van der Waals surface area contributed by atoms with Gasteiger partial charge in [0.2, 0.25) is 0 Å². The number of carbonyl (C=O) groups excluding carboxylic acids is 1. The molecule has 2 aromatic heterocycles. The van der Waals surface area contributed by atoms with Gasteiger partial charge in [0.15, 0.2) is 5.78 Å². The largest absolute Gasteiger partial charge is 0.367 e. The lowest BCUT2D eigenvalue weighted by molar-refractivity contribution is 0.101. The maximum atomic E-state index is 11.7. The normalized spacial score (nSPS) is 16.4. The van der Waals surface area contributed by atoms with E-state index in [0.717, 1.165) is 27.8 Å². The molecule has 1 aromatic carbocycles. The molecule has 4 rings (SSSR count). The Morgan fingerprint density at radius 2 is 1.96 bits per heavy atom. The average molecular weight is 322 g/mol. The topological polar surface area (TPSA) is 70.7 Å². The van der Waals surface area contributed by atoms with Gasteiger partial charge in [0.05, 0.1) is 5.39 Å². The zero-order valence-corrected chi connectivity index (χ0v) is 13.9. The highest BCUT2D eigenvalue weighted by Crippen LogP contribution is 2.31. The zero-order valence-electron chi connectivity index (χ0n) is 13.9. The van der Waals surface area contributed by atoms with Crippen LogP contribution in [-0.2, 0) is 0 Å². The molecule has 5 nitrogen and oxygen atoms in total. The Morgan fingerprint density at radius 3 is 2.71 bits per heavy atom. The van der Waals surface area contributed by atoms with E-state index >= 15 is 0 Å². The van der Waals surface area contributed by atoms with E-state index in [4.69, 9.17) is 0 Å². The van der Waals surface area contributed by atoms with Crippen molar-refractivity contribution in [1.82, 2.24) is 15.0 Å². The van der Waals surface area contributed by atoms with Crippen molar-refractivity contribution in [1.29, 1.82) is 0 Å². The first kappa shape index (κ1) is 15.1. The molecular formula is C19H22N4O. The zero-order chi connectivity index (χ0) is 16.5. The van der Waals surface area contributed by atoms with Crippen LogP contribution in [0.25, 0.3) is 21.9 Å². The summed E-state index contributed by atoms with van der Waals surface area (Å²) in [7, 11) is 0. The third-order valence-corrected chi connectivity index (χ3v) is 4.99. The highest BCUT2D eigenvalue weighted by molar-refractivity contribution is 6.13. The SMILES string of the molecule is CC(=O)c1ccc2[nH]c3ncnc(NC4CCCCCC4)c3c2c1. The van der Waals surface area contributed by atoms with Crippen LogP contribution in [0.4, 0.5) is 5.82 Å². The third-order valence-electron chi connectivity index (χ3n) is 4.99. The average Bonchev–Trinajstić information content (AvgIpc) is 2.76. The van der Waals surface area contributed by atoms with Crippen LogP contribution in [0.5, 0.6) is 0 Å². The smallest absolute Gasteiger partial charge is 0.159 e. The van der Waals surface area contributed by atoms with Gasteiger partial charge in [0.1, 0.15) is 17.8 Å². The van der Waals surface area contributed by atoms with E-state index in [9.17, 15) is 4.79 Å². The number of carbonyl (C=O) groups is 1. The Hall–Kier alpha value is -2.43. The number of ketones is 1. The standard InChI is InChI=1S/C19H22N4O/c1-12(24)13-8-9-16-15(10-13)17-18(20-11-21-19(17)23-16)22-14-6-4-2-3-5-7-14/h8-11,14H,2-7H2,1H3,(H2,20,21,22,23). The minimum absolute atomic E-state index is 0.0707. The van der Waals surface area contributed by atoms with Gasteiger partial charge in [-0.25, -0.2) is 9.97 Å². The Bertz CT molecular complexity index is 891. The summed E-state index contributed by atoms with van der Waals surface area (Å²) in [5.41, 5.74) is 2.52. The third kappa shape index (κ3) is 2.75. The number of hydrogen-bond acceptors (Lipinski definition) is 4. The van der Waals surface area contributed by atoms with Crippen molar-refractivity contribution in [2.24, 2.45) is 0 Å². The van der Waals surface area contributed by atoms with Gasteiger partial charge >= 0.3 is 0 Å². The number of rotatable bonds is 3. The maximum Gasteiger partial charge on any atom is 0.159 e. The minimum Gasteiger partial charge on any atom is -0.367 e. The van der Waals surface area contributed by atoms with E-state index in [1.54, 1.807) is 13.3 Å². The first-order valence-electron chi connectivity index (χ1n) is 8.76. The number of nitrogens with zero attached hydrogens (tertiary/aromatic N) is 2. The van der Waals surface area contributed by atoms with E-state index in [2.05, 4.69) is 20.3 Å². The Balaban J connectivity index is 1.80. The lowest BCUT2D eigenvalue weighted by atomic mass is 10.1. The monoisotopic (exact) mass is 322 g/mol. The predicted octanol–water partition coefficient (Wildman–Crippen LogP) is 4.45. The van der Waals surface area contributed by atoms with Gasteiger partial charge in [0.25, 0.3) is 0 Å². The highest BCUT2D eigenvalue weighted by Gasteiger charge is 2.17. The number of benzene rings is 1. The van der Waals surface area contributed by atoms with Crippen molar-refractivity contribution in [3.05, 3.63) is 30.1 Å². The molecule has 0 bridgehead atoms. The minimum atomic E-state index is 0.0707. The molecule has 1 fully saturated rings. The van der Waals surface area contributed by atoms with Crippen LogP contribution in [-0.4, -0.2) is 26.8 Å². The van der Waals surface area contributed by atoms with E-state index in [1.807, 2.05) is 18.2 Å². The summed E-state index contributed by atoms with van der Waals surface area (Å²) in [5, 5.41) is 5.63. The van der Waals surface area contributed by atoms with Crippen LogP contribution in [0.2, 0.25) is 0 Å². The summed E-state index contributed by atoms with van der Waals surface area (Å²) in [6.45, 7) is 1.59. The molecule has 5 heteroatoms. The summed E-state index contributed by atoms with van der Waals surface area (Å²) < 4.78 is 0. The fourth-order valence-electron chi connectivity index (χ4n) is 3.67. The molecule has 2 heterocycles. The van der Waals surface area contributed by atoms with E-state index in [-0.39, 0.29) is 5.78 Å². The molecule has 24 heavy (non-hydrogen) atoms. The molecule has 0 radical (unpaired) electrons. The van der Waals surface area contributed by atoms with Crippen LogP contribution >= 0.6 is 0 Å². The van der Waals surface area contributed by atoms with Crippen molar-refractivity contribution >= 4 is 33.5 Å². The van der Waals surface area contributed by atoms with E-state index in [1.165, 1.54) is 38.5 Å². The van der Waals surface area contributed by atoms with Gasteiger partial charge in [-0.15, -0.1) is 0 Å².